The Morgan fingerprint density at radius 1 is 0.765 bits per heavy atom. The summed E-state index contributed by atoms with van der Waals surface area (Å²) in [4.78, 5) is 2.81. The largest absolute Gasteiger partial charge is 0.327 e. The van der Waals surface area contributed by atoms with E-state index in [2.05, 4.69) is 4.90 Å². The SMILES string of the molecule is NC1CCCC2CN(C3CCCCCC3)CC12. The lowest BCUT2D eigenvalue weighted by molar-refractivity contribution is 0.209. The summed E-state index contributed by atoms with van der Waals surface area (Å²) in [6.07, 6.45) is 12.9. The number of rotatable bonds is 1. The number of hydrogen-bond donors (Lipinski definition) is 1. The highest BCUT2D eigenvalue weighted by Crippen LogP contribution is 2.38. The smallest absolute Gasteiger partial charge is 0.00955 e. The molecule has 0 amide bonds. The molecule has 3 unspecified atom stereocenters. The molecule has 0 aromatic heterocycles. The maximum Gasteiger partial charge on any atom is 0.00955 e. The zero-order valence-electron chi connectivity index (χ0n) is 11.1. The fourth-order valence-electron chi connectivity index (χ4n) is 4.47. The maximum atomic E-state index is 6.32. The average Bonchev–Trinajstić information content (AvgIpc) is 2.59. The highest BCUT2D eigenvalue weighted by Gasteiger charge is 2.40. The van der Waals surface area contributed by atoms with Crippen molar-refractivity contribution in [1.29, 1.82) is 0 Å². The van der Waals surface area contributed by atoms with Crippen LogP contribution in [0, 0.1) is 11.8 Å². The topological polar surface area (TPSA) is 29.3 Å². The minimum absolute atomic E-state index is 0.504. The molecule has 3 fully saturated rings. The van der Waals surface area contributed by atoms with Gasteiger partial charge in [0.05, 0.1) is 0 Å². The molecule has 98 valence electrons. The lowest BCUT2D eigenvalue weighted by atomic mass is 9.78. The number of nitrogens with two attached hydrogens (primary N) is 1. The zero-order chi connectivity index (χ0) is 11.7. The van der Waals surface area contributed by atoms with Gasteiger partial charge in [-0.05, 0) is 37.5 Å². The third-order valence-electron chi connectivity index (χ3n) is 5.52. The van der Waals surface area contributed by atoms with Gasteiger partial charge in [0.2, 0.25) is 0 Å². The number of fused-ring (bicyclic) bond motifs is 1. The molecule has 1 heterocycles. The Hall–Kier alpha value is -0.0800. The van der Waals surface area contributed by atoms with Crippen LogP contribution < -0.4 is 5.73 Å². The molecule has 2 N–H and O–H groups in total. The molecule has 2 nitrogen and oxygen atoms in total. The normalized spacial score (nSPS) is 41.1. The summed E-state index contributed by atoms with van der Waals surface area (Å²) in [6.45, 7) is 2.68. The van der Waals surface area contributed by atoms with Crippen LogP contribution in [0.4, 0.5) is 0 Å². The summed E-state index contributed by atoms with van der Waals surface area (Å²) in [7, 11) is 0. The molecule has 0 aromatic rings. The first-order chi connectivity index (χ1) is 8.34. The molecule has 3 aliphatic rings. The molecule has 0 radical (unpaired) electrons. The minimum atomic E-state index is 0.504. The van der Waals surface area contributed by atoms with Crippen molar-refractivity contribution < 1.29 is 0 Å². The van der Waals surface area contributed by atoms with Crippen LogP contribution in [0.1, 0.15) is 57.8 Å². The number of nitrogens with zero attached hydrogens (tertiary/aromatic N) is 1. The molecular formula is C15H28N2. The van der Waals surface area contributed by atoms with Gasteiger partial charge in [0.25, 0.3) is 0 Å². The summed E-state index contributed by atoms with van der Waals surface area (Å²) in [5.41, 5.74) is 6.32. The van der Waals surface area contributed by atoms with Crippen LogP contribution in [0.15, 0.2) is 0 Å². The van der Waals surface area contributed by atoms with E-state index in [0.717, 1.165) is 17.9 Å². The summed E-state index contributed by atoms with van der Waals surface area (Å²) in [5.74, 6) is 1.76. The van der Waals surface area contributed by atoms with Crippen molar-refractivity contribution in [2.24, 2.45) is 17.6 Å². The van der Waals surface area contributed by atoms with E-state index in [0.29, 0.717) is 6.04 Å². The van der Waals surface area contributed by atoms with Crippen molar-refractivity contribution >= 4 is 0 Å². The standard InChI is InChI=1S/C15H28N2/c16-15-9-5-6-12-10-17(11-14(12)15)13-7-3-1-2-4-8-13/h12-15H,1-11,16H2. The Bertz CT molecular complexity index is 245. The molecule has 1 aliphatic heterocycles. The molecule has 2 aliphatic carbocycles. The van der Waals surface area contributed by atoms with E-state index >= 15 is 0 Å². The Labute approximate surface area is 106 Å². The Kier molecular flexibility index (Phi) is 3.72. The van der Waals surface area contributed by atoms with Gasteiger partial charge in [-0.15, -0.1) is 0 Å². The van der Waals surface area contributed by atoms with E-state index in [1.165, 1.54) is 70.9 Å². The van der Waals surface area contributed by atoms with E-state index in [1.807, 2.05) is 0 Å². The van der Waals surface area contributed by atoms with Crippen molar-refractivity contribution in [1.82, 2.24) is 4.90 Å². The molecule has 1 saturated heterocycles. The summed E-state index contributed by atoms with van der Waals surface area (Å²) in [5, 5.41) is 0. The second-order valence-corrected chi connectivity index (χ2v) is 6.62. The van der Waals surface area contributed by atoms with Crippen molar-refractivity contribution in [2.45, 2.75) is 69.9 Å². The molecule has 0 bridgehead atoms. The second-order valence-electron chi connectivity index (χ2n) is 6.62. The predicted molar refractivity (Wildman–Crippen MR) is 71.9 cm³/mol. The van der Waals surface area contributed by atoms with Gasteiger partial charge in [-0.1, -0.05) is 32.1 Å². The number of likely N-dealkylation sites (tertiary alicyclic amines) is 1. The van der Waals surface area contributed by atoms with Gasteiger partial charge in [0.15, 0.2) is 0 Å². The summed E-state index contributed by atoms with van der Waals surface area (Å²) in [6, 6.07) is 1.40. The summed E-state index contributed by atoms with van der Waals surface area (Å²) >= 11 is 0. The Morgan fingerprint density at radius 2 is 1.53 bits per heavy atom. The predicted octanol–water partition coefficient (Wildman–Crippen LogP) is 2.77. The number of hydrogen-bond acceptors (Lipinski definition) is 2. The van der Waals surface area contributed by atoms with Gasteiger partial charge in [-0.2, -0.15) is 0 Å². The molecule has 3 atom stereocenters. The highest BCUT2D eigenvalue weighted by molar-refractivity contribution is 4.95. The first-order valence-electron chi connectivity index (χ1n) is 7.84. The lowest BCUT2D eigenvalue weighted by Crippen LogP contribution is -2.39. The van der Waals surface area contributed by atoms with Gasteiger partial charge in [-0.3, -0.25) is 4.90 Å². The minimum Gasteiger partial charge on any atom is -0.327 e. The molecule has 17 heavy (non-hydrogen) atoms. The van der Waals surface area contributed by atoms with Crippen LogP contribution >= 0.6 is 0 Å². The van der Waals surface area contributed by atoms with Crippen LogP contribution in [0.5, 0.6) is 0 Å². The molecular weight excluding hydrogens is 208 g/mol. The van der Waals surface area contributed by atoms with Gasteiger partial charge in [0, 0.05) is 25.2 Å². The quantitative estimate of drug-likeness (QED) is 0.709. The van der Waals surface area contributed by atoms with E-state index in [1.54, 1.807) is 0 Å². The van der Waals surface area contributed by atoms with Crippen LogP contribution in [-0.2, 0) is 0 Å². The third-order valence-corrected chi connectivity index (χ3v) is 5.52. The van der Waals surface area contributed by atoms with Gasteiger partial charge in [0.1, 0.15) is 0 Å². The Morgan fingerprint density at radius 3 is 2.24 bits per heavy atom. The molecule has 3 rings (SSSR count). The molecule has 0 spiro atoms. The van der Waals surface area contributed by atoms with Crippen LogP contribution in [-0.4, -0.2) is 30.1 Å². The molecule has 2 saturated carbocycles. The maximum absolute atomic E-state index is 6.32. The van der Waals surface area contributed by atoms with Gasteiger partial charge in [-0.25, -0.2) is 0 Å². The lowest BCUT2D eigenvalue weighted by Gasteiger charge is -2.30. The van der Waals surface area contributed by atoms with Crippen molar-refractivity contribution in [2.75, 3.05) is 13.1 Å². The summed E-state index contributed by atoms with van der Waals surface area (Å²) < 4.78 is 0. The highest BCUT2D eigenvalue weighted by atomic mass is 15.2. The average molecular weight is 236 g/mol. The molecule has 0 aromatic carbocycles. The fourth-order valence-corrected chi connectivity index (χ4v) is 4.47. The van der Waals surface area contributed by atoms with E-state index in [9.17, 15) is 0 Å². The van der Waals surface area contributed by atoms with Crippen molar-refractivity contribution in [3.63, 3.8) is 0 Å². The zero-order valence-corrected chi connectivity index (χ0v) is 11.1. The van der Waals surface area contributed by atoms with Crippen molar-refractivity contribution in [3.05, 3.63) is 0 Å². The van der Waals surface area contributed by atoms with E-state index in [-0.39, 0.29) is 0 Å². The third kappa shape index (κ3) is 2.53. The van der Waals surface area contributed by atoms with Gasteiger partial charge < -0.3 is 5.73 Å². The van der Waals surface area contributed by atoms with Crippen LogP contribution in [0.2, 0.25) is 0 Å². The Balaban J connectivity index is 1.61. The second kappa shape index (κ2) is 5.27. The van der Waals surface area contributed by atoms with E-state index < -0.39 is 0 Å². The van der Waals surface area contributed by atoms with Crippen molar-refractivity contribution in [3.8, 4) is 0 Å². The van der Waals surface area contributed by atoms with Crippen LogP contribution in [0.25, 0.3) is 0 Å². The van der Waals surface area contributed by atoms with Gasteiger partial charge >= 0.3 is 0 Å². The monoisotopic (exact) mass is 236 g/mol. The first kappa shape index (κ1) is 12.0. The molecule has 2 heteroatoms. The fraction of sp³-hybridized carbons (Fsp3) is 1.00. The van der Waals surface area contributed by atoms with Crippen LogP contribution in [0.3, 0.4) is 0 Å². The first-order valence-corrected chi connectivity index (χ1v) is 7.84. The van der Waals surface area contributed by atoms with E-state index in [4.69, 9.17) is 5.73 Å².